The molecule has 2 aliphatic heterocycles. The van der Waals surface area contributed by atoms with Crippen molar-refractivity contribution in [2.45, 2.75) is 52.1 Å². The molecule has 2 saturated heterocycles. The summed E-state index contributed by atoms with van der Waals surface area (Å²) in [6, 6.07) is 0.117. The molecule has 0 aromatic rings. The molecule has 2 atom stereocenters. The van der Waals surface area contributed by atoms with Crippen molar-refractivity contribution in [1.29, 1.82) is 0 Å². The Labute approximate surface area is 181 Å². The van der Waals surface area contributed by atoms with E-state index in [4.69, 9.17) is 9.73 Å². The van der Waals surface area contributed by atoms with E-state index in [9.17, 15) is 13.2 Å². The number of carbonyl (C=O) groups is 1. The van der Waals surface area contributed by atoms with Gasteiger partial charge in [-0.25, -0.2) is 8.42 Å². The highest BCUT2D eigenvalue weighted by Gasteiger charge is 2.28. The summed E-state index contributed by atoms with van der Waals surface area (Å²) in [6.07, 6.45) is 1.86. The third-order valence-electron chi connectivity index (χ3n) is 5.35. The second-order valence-electron chi connectivity index (χ2n) is 8.50. The zero-order chi connectivity index (χ0) is 22.0. The number of hydrogen-bond donors (Lipinski definition) is 3. The van der Waals surface area contributed by atoms with Gasteiger partial charge in [-0.1, -0.05) is 13.8 Å². The van der Waals surface area contributed by atoms with Crippen LogP contribution in [0, 0.1) is 5.92 Å². The summed E-state index contributed by atoms with van der Waals surface area (Å²) >= 11 is 0. The Kier molecular flexibility index (Phi) is 10.3. The number of morpholine rings is 1. The molecule has 2 unspecified atom stereocenters. The highest BCUT2D eigenvalue weighted by atomic mass is 32.2. The molecule has 30 heavy (non-hydrogen) atoms. The fraction of sp³-hybridized carbons (Fsp3) is 0.900. The number of hydrogen-bond acceptors (Lipinski definition) is 6. The van der Waals surface area contributed by atoms with Crippen LogP contribution < -0.4 is 16.0 Å². The van der Waals surface area contributed by atoms with Gasteiger partial charge in [-0.3, -0.25) is 14.7 Å². The number of carbonyl (C=O) groups excluding carboxylic acids is 1. The van der Waals surface area contributed by atoms with Crippen molar-refractivity contribution < 1.29 is 17.9 Å². The monoisotopic (exact) mass is 445 g/mol. The number of ether oxygens (including phenoxy) is 1. The summed E-state index contributed by atoms with van der Waals surface area (Å²) in [5.74, 6) is 1.37. The third-order valence-corrected chi connectivity index (χ3v) is 7.12. The molecule has 0 saturated carbocycles. The highest BCUT2D eigenvalue weighted by molar-refractivity contribution is 7.91. The summed E-state index contributed by atoms with van der Waals surface area (Å²) in [5, 5.41) is 9.28. The molecule has 2 heterocycles. The number of amides is 1. The minimum absolute atomic E-state index is 0.0506. The summed E-state index contributed by atoms with van der Waals surface area (Å²) in [5.41, 5.74) is 0. The summed E-state index contributed by atoms with van der Waals surface area (Å²) in [7, 11) is -2.99. The molecular formula is C20H39N5O4S. The van der Waals surface area contributed by atoms with Crippen molar-refractivity contribution in [3.8, 4) is 0 Å². The van der Waals surface area contributed by atoms with Crippen LogP contribution in [-0.2, 0) is 19.4 Å². The SMILES string of the molecule is CCNC(=NCC(CC(C)C)N1CCOCC1)NCCC(=O)NC1CCS(=O)(=O)C1. The molecule has 9 nitrogen and oxygen atoms in total. The molecule has 0 radical (unpaired) electrons. The van der Waals surface area contributed by atoms with Crippen LogP contribution in [0.25, 0.3) is 0 Å². The second kappa shape index (κ2) is 12.5. The Morgan fingerprint density at radius 1 is 1.23 bits per heavy atom. The maximum Gasteiger partial charge on any atom is 0.222 e. The average molecular weight is 446 g/mol. The zero-order valence-corrected chi connectivity index (χ0v) is 19.5. The molecule has 0 aromatic carbocycles. The van der Waals surface area contributed by atoms with Crippen LogP contribution in [0.3, 0.4) is 0 Å². The van der Waals surface area contributed by atoms with Gasteiger partial charge in [0.15, 0.2) is 15.8 Å². The maximum atomic E-state index is 12.1. The van der Waals surface area contributed by atoms with Crippen LogP contribution in [0.4, 0.5) is 0 Å². The van der Waals surface area contributed by atoms with Gasteiger partial charge in [-0.05, 0) is 25.7 Å². The van der Waals surface area contributed by atoms with Gasteiger partial charge in [0, 0.05) is 44.7 Å². The molecule has 0 spiro atoms. The van der Waals surface area contributed by atoms with Crippen molar-refractivity contribution in [1.82, 2.24) is 20.9 Å². The number of guanidine groups is 1. The van der Waals surface area contributed by atoms with Crippen LogP contribution in [0.5, 0.6) is 0 Å². The lowest BCUT2D eigenvalue weighted by Gasteiger charge is -2.34. The first-order chi connectivity index (χ1) is 14.3. The first-order valence-electron chi connectivity index (χ1n) is 11.1. The van der Waals surface area contributed by atoms with Crippen molar-refractivity contribution in [3.63, 3.8) is 0 Å². The van der Waals surface area contributed by atoms with E-state index in [1.54, 1.807) is 0 Å². The summed E-state index contributed by atoms with van der Waals surface area (Å²) in [4.78, 5) is 19.3. The topological polar surface area (TPSA) is 112 Å². The van der Waals surface area contributed by atoms with Gasteiger partial charge < -0.3 is 20.7 Å². The van der Waals surface area contributed by atoms with Gasteiger partial charge in [0.2, 0.25) is 5.91 Å². The molecule has 174 valence electrons. The Bertz CT molecular complexity index is 662. The van der Waals surface area contributed by atoms with E-state index in [1.165, 1.54) is 0 Å². The van der Waals surface area contributed by atoms with Gasteiger partial charge >= 0.3 is 0 Å². The van der Waals surface area contributed by atoms with Crippen molar-refractivity contribution in [2.75, 3.05) is 57.4 Å². The molecular weight excluding hydrogens is 406 g/mol. The largest absolute Gasteiger partial charge is 0.379 e. The minimum Gasteiger partial charge on any atom is -0.379 e. The van der Waals surface area contributed by atoms with Gasteiger partial charge in [-0.15, -0.1) is 0 Å². The van der Waals surface area contributed by atoms with Crippen LogP contribution >= 0.6 is 0 Å². The van der Waals surface area contributed by atoms with E-state index in [2.05, 4.69) is 34.7 Å². The fourth-order valence-corrected chi connectivity index (χ4v) is 5.54. The van der Waals surface area contributed by atoms with Gasteiger partial charge in [-0.2, -0.15) is 0 Å². The zero-order valence-electron chi connectivity index (χ0n) is 18.7. The van der Waals surface area contributed by atoms with Crippen LogP contribution in [-0.4, -0.2) is 94.7 Å². The van der Waals surface area contributed by atoms with Gasteiger partial charge in [0.25, 0.3) is 0 Å². The Morgan fingerprint density at radius 3 is 2.57 bits per heavy atom. The Balaban J connectivity index is 1.81. The number of rotatable bonds is 10. The number of aliphatic imine (C=N–C) groups is 1. The lowest BCUT2D eigenvalue weighted by molar-refractivity contribution is -0.121. The van der Waals surface area contributed by atoms with Crippen molar-refractivity contribution >= 4 is 21.7 Å². The third kappa shape index (κ3) is 9.18. The second-order valence-corrected chi connectivity index (χ2v) is 10.7. The van der Waals surface area contributed by atoms with E-state index in [0.717, 1.165) is 39.3 Å². The predicted molar refractivity (Wildman–Crippen MR) is 119 cm³/mol. The molecule has 0 bridgehead atoms. The smallest absolute Gasteiger partial charge is 0.222 e. The van der Waals surface area contributed by atoms with Crippen LogP contribution in [0.1, 0.15) is 40.0 Å². The molecule has 2 fully saturated rings. The molecule has 1 amide bonds. The molecule has 0 aliphatic carbocycles. The van der Waals surface area contributed by atoms with E-state index in [0.29, 0.717) is 37.4 Å². The lowest BCUT2D eigenvalue weighted by Crippen LogP contribution is -2.46. The number of sulfone groups is 1. The molecule has 10 heteroatoms. The highest BCUT2D eigenvalue weighted by Crippen LogP contribution is 2.14. The van der Waals surface area contributed by atoms with Gasteiger partial charge in [0.05, 0.1) is 31.3 Å². The number of nitrogens with zero attached hydrogens (tertiary/aromatic N) is 2. The van der Waals surface area contributed by atoms with E-state index >= 15 is 0 Å². The standard InChI is InChI=1S/C20H39N5O4S/c1-4-21-20(22-7-5-19(26)24-17-6-12-30(27,28)15-17)23-14-18(13-16(2)3)25-8-10-29-11-9-25/h16-18H,4-15H2,1-3H3,(H,24,26)(H2,21,22,23). The van der Waals surface area contributed by atoms with Crippen LogP contribution in [0.15, 0.2) is 4.99 Å². The normalized spacial score (nSPS) is 23.3. The van der Waals surface area contributed by atoms with E-state index in [-0.39, 0.29) is 29.9 Å². The van der Waals surface area contributed by atoms with Crippen LogP contribution in [0.2, 0.25) is 0 Å². The molecule has 0 aromatic heterocycles. The van der Waals surface area contributed by atoms with E-state index < -0.39 is 9.84 Å². The Hall–Kier alpha value is -1.39. The fourth-order valence-electron chi connectivity index (χ4n) is 3.87. The average Bonchev–Trinajstić information content (AvgIpc) is 3.03. The van der Waals surface area contributed by atoms with Gasteiger partial charge in [0.1, 0.15) is 0 Å². The predicted octanol–water partition coefficient (Wildman–Crippen LogP) is -0.0182. The van der Waals surface area contributed by atoms with Crippen molar-refractivity contribution in [2.24, 2.45) is 10.9 Å². The quantitative estimate of drug-likeness (QED) is 0.320. The maximum absolute atomic E-state index is 12.1. The first-order valence-corrected chi connectivity index (χ1v) is 12.9. The number of nitrogens with one attached hydrogen (secondary N) is 3. The van der Waals surface area contributed by atoms with Crippen molar-refractivity contribution in [3.05, 3.63) is 0 Å². The summed E-state index contributed by atoms with van der Waals surface area (Å²) < 4.78 is 28.5. The minimum atomic E-state index is -2.99. The molecule has 2 aliphatic rings. The van der Waals surface area contributed by atoms with E-state index in [1.807, 2.05) is 6.92 Å². The summed E-state index contributed by atoms with van der Waals surface area (Å²) in [6.45, 7) is 11.8. The molecule has 3 N–H and O–H groups in total. The first kappa shape index (κ1) is 24.9. The Morgan fingerprint density at radius 2 is 1.97 bits per heavy atom. The lowest BCUT2D eigenvalue weighted by atomic mass is 10.0. The molecule has 2 rings (SSSR count).